The van der Waals surface area contributed by atoms with Crippen LogP contribution in [-0.2, 0) is 11.3 Å². The fourth-order valence-electron chi connectivity index (χ4n) is 5.52. The van der Waals surface area contributed by atoms with E-state index in [0.29, 0.717) is 5.91 Å². The first-order valence-corrected chi connectivity index (χ1v) is 9.70. The van der Waals surface area contributed by atoms with Gasteiger partial charge >= 0.3 is 0 Å². The Morgan fingerprint density at radius 2 is 1.86 bits per heavy atom. The van der Waals surface area contributed by atoms with E-state index in [9.17, 15) is 4.79 Å². The van der Waals surface area contributed by atoms with E-state index in [0.717, 1.165) is 48.0 Å². The molecule has 4 aliphatic rings. The maximum absolute atomic E-state index is 13.1. The molecule has 0 N–H and O–H groups in total. The molecule has 0 aromatic carbocycles. The van der Waals surface area contributed by atoms with Crippen LogP contribution in [0.3, 0.4) is 0 Å². The molecule has 4 heteroatoms. The molecule has 0 atom stereocenters. The molecule has 0 saturated heterocycles. The molecule has 4 bridgehead atoms. The summed E-state index contributed by atoms with van der Waals surface area (Å²) in [4.78, 5) is 16.4. The summed E-state index contributed by atoms with van der Waals surface area (Å²) in [5.74, 6) is 2.93. The van der Waals surface area contributed by atoms with Crippen LogP contribution >= 0.6 is 27.3 Å². The second-order valence-corrected chi connectivity index (χ2v) is 9.50. The van der Waals surface area contributed by atoms with Gasteiger partial charge in [-0.15, -0.1) is 11.3 Å². The van der Waals surface area contributed by atoms with Gasteiger partial charge in [0.25, 0.3) is 0 Å². The summed E-state index contributed by atoms with van der Waals surface area (Å²) in [7, 11) is 1.99. The Balaban J connectivity index is 1.51. The second kappa shape index (κ2) is 5.09. The van der Waals surface area contributed by atoms with E-state index in [-0.39, 0.29) is 5.41 Å². The van der Waals surface area contributed by atoms with Crippen LogP contribution in [-0.4, -0.2) is 17.9 Å². The third kappa shape index (κ3) is 2.48. The molecule has 0 radical (unpaired) electrons. The van der Waals surface area contributed by atoms with Crippen molar-refractivity contribution in [2.75, 3.05) is 7.05 Å². The number of nitrogens with zero attached hydrogens (tertiary/aromatic N) is 1. The fourth-order valence-corrected chi connectivity index (χ4v) is 7.02. The third-order valence-electron chi connectivity index (χ3n) is 5.85. The molecule has 1 aromatic rings. The molecule has 114 valence electrons. The molecule has 21 heavy (non-hydrogen) atoms. The Morgan fingerprint density at radius 3 is 2.33 bits per heavy atom. The van der Waals surface area contributed by atoms with Crippen LogP contribution in [0.2, 0.25) is 0 Å². The normalized spacial score (nSPS) is 37.0. The van der Waals surface area contributed by atoms with Gasteiger partial charge in [-0.25, -0.2) is 0 Å². The SMILES string of the molecule is CN(Cc1cc(Br)cs1)C(=O)C12CC3CC(CC(C3)C1)C2. The predicted molar refractivity (Wildman–Crippen MR) is 89.1 cm³/mol. The van der Waals surface area contributed by atoms with Crippen molar-refractivity contribution >= 4 is 33.2 Å². The average Bonchev–Trinajstić information content (AvgIpc) is 2.81. The third-order valence-corrected chi connectivity index (χ3v) is 7.54. The molecular weight excluding hydrogens is 346 g/mol. The Kier molecular flexibility index (Phi) is 3.45. The number of thiophene rings is 1. The predicted octanol–water partition coefficient (Wildman–Crippen LogP) is 4.69. The molecule has 0 aliphatic heterocycles. The summed E-state index contributed by atoms with van der Waals surface area (Å²) in [6.07, 6.45) is 7.68. The number of carbonyl (C=O) groups excluding carboxylic acids is 1. The smallest absolute Gasteiger partial charge is 0.228 e. The summed E-state index contributed by atoms with van der Waals surface area (Å²) >= 11 is 5.23. The van der Waals surface area contributed by atoms with Gasteiger partial charge in [-0.2, -0.15) is 0 Å². The molecule has 1 aromatic heterocycles. The van der Waals surface area contributed by atoms with E-state index in [4.69, 9.17) is 0 Å². The van der Waals surface area contributed by atoms with E-state index in [1.165, 1.54) is 24.1 Å². The van der Waals surface area contributed by atoms with Crippen LogP contribution in [0.25, 0.3) is 0 Å². The first kappa shape index (κ1) is 14.3. The first-order valence-electron chi connectivity index (χ1n) is 8.02. The second-order valence-electron chi connectivity index (χ2n) is 7.59. The van der Waals surface area contributed by atoms with E-state index < -0.39 is 0 Å². The summed E-state index contributed by atoms with van der Waals surface area (Å²) in [5.41, 5.74) is -0.00199. The summed E-state index contributed by atoms with van der Waals surface area (Å²) in [6, 6.07) is 2.13. The largest absolute Gasteiger partial charge is 0.340 e. The van der Waals surface area contributed by atoms with Gasteiger partial charge in [-0.3, -0.25) is 4.79 Å². The maximum Gasteiger partial charge on any atom is 0.228 e. The lowest BCUT2D eigenvalue weighted by atomic mass is 9.49. The summed E-state index contributed by atoms with van der Waals surface area (Å²) < 4.78 is 1.12. The van der Waals surface area contributed by atoms with E-state index in [2.05, 4.69) is 27.4 Å². The lowest BCUT2D eigenvalue weighted by molar-refractivity contribution is -0.156. The minimum absolute atomic E-state index is 0.00199. The van der Waals surface area contributed by atoms with Gasteiger partial charge in [0, 0.05) is 21.8 Å². The molecule has 5 rings (SSSR count). The van der Waals surface area contributed by atoms with Crippen molar-refractivity contribution in [2.24, 2.45) is 23.2 Å². The Hall–Kier alpha value is -0.350. The number of amides is 1. The summed E-state index contributed by atoms with van der Waals surface area (Å²) in [5, 5.41) is 2.10. The van der Waals surface area contributed by atoms with E-state index >= 15 is 0 Å². The standard InChI is InChI=1S/C17H22BrNOS/c1-19(9-15-5-14(18)10-21-15)16(20)17-6-11-2-12(7-17)4-13(3-11)8-17/h5,10-13H,2-4,6-9H2,1H3. The van der Waals surface area contributed by atoms with Crippen LogP contribution in [0.5, 0.6) is 0 Å². The average molecular weight is 368 g/mol. The molecule has 2 nitrogen and oxygen atoms in total. The van der Waals surface area contributed by atoms with Crippen molar-refractivity contribution in [1.82, 2.24) is 4.90 Å². The van der Waals surface area contributed by atoms with Gasteiger partial charge in [0.2, 0.25) is 5.91 Å². The van der Waals surface area contributed by atoms with Crippen molar-refractivity contribution < 1.29 is 4.79 Å². The highest BCUT2D eigenvalue weighted by atomic mass is 79.9. The van der Waals surface area contributed by atoms with Crippen LogP contribution < -0.4 is 0 Å². The lowest BCUT2D eigenvalue weighted by Gasteiger charge is -2.56. The number of hydrogen-bond acceptors (Lipinski definition) is 2. The van der Waals surface area contributed by atoms with Gasteiger partial charge in [-0.1, -0.05) is 0 Å². The molecule has 4 saturated carbocycles. The van der Waals surface area contributed by atoms with Crippen LogP contribution in [0.15, 0.2) is 15.9 Å². The molecule has 0 spiro atoms. The Morgan fingerprint density at radius 1 is 1.29 bits per heavy atom. The summed E-state index contributed by atoms with van der Waals surface area (Å²) in [6.45, 7) is 0.761. The van der Waals surface area contributed by atoms with Crippen molar-refractivity contribution in [2.45, 2.75) is 45.1 Å². The highest BCUT2D eigenvalue weighted by Gasteiger charge is 2.55. The number of hydrogen-bond donors (Lipinski definition) is 0. The molecule has 0 unspecified atom stereocenters. The van der Waals surface area contributed by atoms with Crippen molar-refractivity contribution in [3.05, 3.63) is 20.8 Å². The monoisotopic (exact) mass is 367 g/mol. The number of rotatable bonds is 3. The van der Waals surface area contributed by atoms with Gasteiger partial charge in [0.15, 0.2) is 0 Å². The van der Waals surface area contributed by atoms with Crippen LogP contribution in [0.1, 0.15) is 43.4 Å². The fraction of sp³-hybridized carbons (Fsp3) is 0.706. The Labute approximate surface area is 139 Å². The number of carbonyl (C=O) groups is 1. The molecule has 4 fully saturated rings. The van der Waals surface area contributed by atoms with Gasteiger partial charge in [0.05, 0.1) is 12.0 Å². The van der Waals surface area contributed by atoms with E-state index in [1.807, 2.05) is 11.9 Å². The van der Waals surface area contributed by atoms with Gasteiger partial charge in [-0.05, 0) is 78.3 Å². The zero-order valence-electron chi connectivity index (χ0n) is 12.5. The minimum Gasteiger partial charge on any atom is -0.340 e. The van der Waals surface area contributed by atoms with Crippen molar-refractivity contribution in [1.29, 1.82) is 0 Å². The topological polar surface area (TPSA) is 20.3 Å². The van der Waals surface area contributed by atoms with Crippen molar-refractivity contribution in [3.8, 4) is 0 Å². The first-order chi connectivity index (χ1) is 10.0. The molecule has 1 heterocycles. The molecule has 1 amide bonds. The highest BCUT2D eigenvalue weighted by Crippen LogP contribution is 2.60. The highest BCUT2D eigenvalue weighted by molar-refractivity contribution is 9.10. The van der Waals surface area contributed by atoms with Crippen LogP contribution in [0, 0.1) is 23.2 Å². The number of halogens is 1. The molecular formula is C17H22BrNOS. The minimum atomic E-state index is -0.00199. The van der Waals surface area contributed by atoms with Crippen LogP contribution in [0.4, 0.5) is 0 Å². The maximum atomic E-state index is 13.1. The van der Waals surface area contributed by atoms with E-state index in [1.54, 1.807) is 11.3 Å². The van der Waals surface area contributed by atoms with Gasteiger partial charge in [0.1, 0.15) is 0 Å². The lowest BCUT2D eigenvalue weighted by Crippen LogP contribution is -2.53. The zero-order chi connectivity index (χ0) is 14.6. The van der Waals surface area contributed by atoms with Crippen molar-refractivity contribution in [3.63, 3.8) is 0 Å². The Bertz CT molecular complexity index is 532. The zero-order valence-corrected chi connectivity index (χ0v) is 14.9. The molecule has 4 aliphatic carbocycles. The van der Waals surface area contributed by atoms with Gasteiger partial charge < -0.3 is 4.90 Å². The quantitative estimate of drug-likeness (QED) is 0.758.